The first-order valence-corrected chi connectivity index (χ1v) is 10.3. The number of nitriles is 1. The minimum absolute atomic E-state index is 0.133. The van der Waals surface area contributed by atoms with Gasteiger partial charge in [0, 0.05) is 47.7 Å². The van der Waals surface area contributed by atoms with Gasteiger partial charge in [0.1, 0.15) is 11.7 Å². The number of ether oxygens (including phenoxy) is 1. The third-order valence-electron chi connectivity index (χ3n) is 4.54. The average Bonchev–Trinajstić information content (AvgIpc) is 2.69. The molecule has 1 aromatic rings. The smallest absolute Gasteiger partial charge is 0.165 e. The maximum atomic E-state index is 11.8. The minimum Gasteiger partial charge on any atom is -0.404 e. The number of amidine groups is 1. The number of aromatic nitrogens is 1. The Bertz CT molecular complexity index is 835. The molecule has 1 fully saturated rings. The molecule has 0 aromatic carbocycles. The summed E-state index contributed by atoms with van der Waals surface area (Å²) in [5.41, 5.74) is 11.4. The van der Waals surface area contributed by atoms with Crippen molar-refractivity contribution in [2.24, 2.45) is 16.5 Å². The Morgan fingerprint density at radius 3 is 2.86 bits per heavy atom. The molecule has 2 rings (SSSR count). The van der Waals surface area contributed by atoms with Crippen LogP contribution in [0.2, 0.25) is 0 Å². The van der Waals surface area contributed by atoms with E-state index in [2.05, 4.69) is 21.4 Å². The molecule has 0 amide bonds. The highest BCUT2D eigenvalue weighted by Crippen LogP contribution is 2.39. The first-order chi connectivity index (χ1) is 13.5. The number of nitrogens with two attached hydrogens (primary N) is 2. The summed E-state index contributed by atoms with van der Waals surface area (Å²) in [6.07, 6.45) is 4.70. The van der Waals surface area contributed by atoms with Gasteiger partial charge in [0.2, 0.25) is 0 Å². The third kappa shape index (κ3) is 4.94. The fraction of sp³-hybridized carbons (Fsp3) is 0.444. The molecule has 0 unspecified atom stereocenters. The summed E-state index contributed by atoms with van der Waals surface area (Å²) in [5, 5.41) is 21.0. The van der Waals surface area contributed by atoms with Gasteiger partial charge in [-0.15, -0.1) is 0 Å². The molecule has 150 valence electrons. The van der Waals surface area contributed by atoms with Crippen LogP contribution in [-0.2, 0) is 21.0 Å². The molecule has 10 heteroatoms. The zero-order valence-corrected chi connectivity index (χ0v) is 16.6. The number of anilines is 1. The van der Waals surface area contributed by atoms with E-state index in [4.69, 9.17) is 21.6 Å². The van der Waals surface area contributed by atoms with Crippen LogP contribution in [0.5, 0.6) is 0 Å². The van der Waals surface area contributed by atoms with Crippen molar-refractivity contribution in [3.63, 3.8) is 0 Å². The van der Waals surface area contributed by atoms with Crippen LogP contribution in [0, 0.1) is 16.7 Å². The molecule has 28 heavy (non-hydrogen) atoms. The van der Waals surface area contributed by atoms with E-state index in [9.17, 15) is 9.47 Å². The van der Waals surface area contributed by atoms with Crippen molar-refractivity contribution in [1.82, 2.24) is 4.98 Å². The Morgan fingerprint density at radius 2 is 2.29 bits per heavy atom. The number of rotatable bonds is 8. The van der Waals surface area contributed by atoms with Gasteiger partial charge in [0.15, 0.2) is 5.82 Å². The number of hydrogen-bond acceptors (Lipinski definition) is 8. The Hall–Kier alpha value is -2.77. The average molecular weight is 404 g/mol. The van der Waals surface area contributed by atoms with Crippen molar-refractivity contribution in [1.29, 1.82) is 10.7 Å². The number of nitrogens with zero attached hydrogens (tertiary/aromatic N) is 3. The van der Waals surface area contributed by atoms with Gasteiger partial charge in [-0.25, -0.2) is 9.98 Å². The van der Waals surface area contributed by atoms with Gasteiger partial charge < -0.3 is 26.9 Å². The summed E-state index contributed by atoms with van der Waals surface area (Å²) in [4.78, 5) is 8.71. The lowest BCUT2D eigenvalue weighted by Gasteiger charge is -2.32. The van der Waals surface area contributed by atoms with Crippen LogP contribution < -0.4 is 16.8 Å². The summed E-state index contributed by atoms with van der Waals surface area (Å²) in [6.45, 7) is 0.986. The fourth-order valence-corrected chi connectivity index (χ4v) is 4.40. The zero-order valence-electron chi connectivity index (χ0n) is 15.8. The van der Waals surface area contributed by atoms with E-state index in [-0.39, 0.29) is 11.7 Å². The van der Waals surface area contributed by atoms with Crippen molar-refractivity contribution in [3.8, 4) is 6.07 Å². The van der Waals surface area contributed by atoms with Gasteiger partial charge >= 0.3 is 0 Å². The summed E-state index contributed by atoms with van der Waals surface area (Å²) >= 11 is 0. The van der Waals surface area contributed by atoms with Crippen LogP contribution in [0.3, 0.4) is 0 Å². The molecule has 6 N–H and O–H groups in total. The van der Waals surface area contributed by atoms with E-state index in [0.29, 0.717) is 54.4 Å². The lowest BCUT2D eigenvalue weighted by Crippen LogP contribution is -2.34. The van der Waals surface area contributed by atoms with E-state index in [1.54, 1.807) is 13.2 Å². The number of methoxy groups -OCH3 is 1. The molecule has 0 aliphatic carbocycles. The standard InChI is InChI=1S/C18H25N7O2S/c1-27-7-6-23-16-10-14(18(12-21)3-8-28(26)9-4-18)13(11-20)17(25-16)24-15(22)2-5-19/h2,5,10-11,20H,3-4,6-9,19H2,1H3,(H3,22,23,24,25)/b5-2-,20-11?. The van der Waals surface area contributed by atoms with E-state index < -0.39 is 16.2 Å². The number of aliphatic imine (C=N–C) groups is 1. The van der Waals surface area contributed by atoms with E-state index >= 15 is 0 Å². The quantitative estimate of drug-likeness (QED) is 0.284. The van der Waals surface area contributed by atoms with Crippen molar-refractivity contribution >= 4 is 34.5 Å². The van der Waals surface area contributed by atoms with Crippen LogP contribution in [-0.4, -0.2) is 53.0 Å². The number of pyridine rings is 1. The highest BCUT2D eigenvalue weighted by atomic mass is 32.2. The minimum atomic E-state index is -0.926. The first-order valence-electron chi connectivity index (χ1n) is 8.77. The van der Waals surface area contributed by atoms with E-state index in [1.807, 2.05) is 0 Å². The van der Waals surface area contributed by atoms with Gasteiger partial charge in [0.25, 0.3) is 0 Å². The molecular weight excluding hydrogens is 378 g/mol. The third-order valence-corrected chi connectivity index (χ3v) is 5.86. The Balaban J connectivity index is 2.62. The van der Waals surface area contributed by atoms with Crippen LogP contribution in [0.1, 0.15) is 24.0 Å². The Labute approximate surface area is 166 Å². The van der Waals surface area contributed by atoms with Gasteiger partial charge in [-0.2, -0.15) is 5.26 Å². The molecule has 1 aliphatic heterocycles. The van der Waals surface area contributed by atoms with Crippen LogP contribution in [0.25, 0.3) is 0 Å². The molecule has 1 saturated heterocycles. The van der Waals surface area contributed by atoms with E-state index in [0.717, 1.165) is 6.21 Å². The lowest BCUT2D eigenvalue weighted by molar-refractivity contribution is 0.210. The van der Waals surface area contributed by atoms with Crippen molar-refractivity contribution < 1.29 is 8.95 Å². The summed E-state index contributed by atoms with van der Waals surface area (Å²) in [5.74, 6) is 1.74. The molecular formula is C18H25N7O2S. The second kappa shape index (κ2) is 9.96. The van der Waals surface area contributed by atoms with Gasteiger partial charge in [-0.1, -0.05) is 0 Å². The fourth-order valence-electron chi connectivity index (χ4n) is 3.04. The number of hydrogen-bond donors (Lipinski definition) is 4. The molecule has 0 saturated carbocycles. The molecule has 0 spiro atoms. The van der Waals surface area contributed by atoms with Crippen LogP contribution >= 0.6 is 0 Å². The van der Waals surface area contributed by atoms with Crippen LogP contribution in [0.15, 0.2) is 23.3 Å². The Kier molecular flexibility index (Phi) is 7.66. The van der Waals surface area contributed by atoms with Crippen LogP contribution in [0.4, 0.5) is 11.6 Å². The van der Waals surface area contributed by atoms with Gasteiger partial charge in [0.05, 0.1) is 18.1 Å². The second-order valence-electron chi connectivity index (χ2n) is 6.29. The molecule has 0 bridgehead atoms. The summed E-state index contributed by atoms with van der Waals surface area (Å²) in [6, 6.07) is 4.16. The highest BCUT2D eigenvalue weighted by molar-refractivity contribution is 7.85. The number of nitrogens with one attached hydrogen (secondary N) is 2. The molecule has 2 heterocycles. The van der Waals surface area contributed by atoms with E-state index in [1.165, 1.54) is 12.3 Å². The topological polar surface area (TPSA) is 163 Å². The SMILES string of the molecule is COCCNc1cc(C2(C#N)CCS(=O)CC2)c(C=N)c(N=C(N)/C=C\N)n1. The van der Waals surface area contributed by atoms with Gasteiger partial charge in [-0.05, 0) is 36.7 Å². The molecule has 0 atom stereocenters. The molecule has 1 aliphatic rings. The molecule has 1 aromatic heterocycles. The van der Waals surface area contributed by atoms with Crippen molar-refractivity contribution in [2.75, 3.05) is 37.1 Å². The summed E-state index contributed by atoms with van der Waals surface area (Å²) < 4.78 is 16.9. The predicted molar refractivity (Wildman–Crippen MR) is 111 cm³/mol. The molecule has 9 nitrogen and oxygen atoms in total. The maximum absolute atomic E-state index is 11.8. The lowest BCUT2D eigenvalue weighted by atomic mass is 9.75. The zero-order chi connectivity index (χ0) is 20.6. The maximum Gasteiger partial charge on any atom is 0.165 e. The monoisotopic (exact) mass is 403 g/mol. The van der Waals surface area contributed by atoms with Gasteiger partial charge in [-0.3, -0.25) is 4.21 Å². The predicted octanol–water partition coefficient (Wildman–Crippen LogP) is 0.903. The van der Waals surface area contributed by atoms with Crippen molar-refractivity contribution in [3.05, 3.63) is 29.5 Å². The normalized spacial score (nSPS) is 22.7. The largest absolute Gasteiger partial charge is 0.404 e. The van der Waals surface area contributed by atoms with Crippen molar-refractivity contribution in [2.45, 2.75) is 18.3 Å². The second-order valence-corrected chi connectivity index (χ2v) is 7.99. The first kappa shape index (κ1) is 21.5. The highest BCUT2D eigenvalue weighted by Gasteiger charge is 2.39. The Morgan fingerprint density at radius 1 is 1.57 bits per heavy atom. The summed E-state index contributed by atoms with van der Waals surface area (Å²) in [7, 11) is 0.672. The molecule has 0 radical (unpaired) electrons.